The highest BCUT2D eigenvalue weighted by Gasteiger charge is 2.37. The summed E-state index contributed by atoms with van der Waals surface area (Å²) in [7, 11) is 0. The molecule has 0 aliphatic heterocycles. The number of Topliss-reactive ketones (excluding diaryl/α,β-unsaturated/α-hetero) is 1. The number of hydrogen-bond donors (Lipinski definition) is 2. The predicted molar refractivity (Wildman–Crippen MR) is 127 cm³/mol. The summed E-state index contributed by atoms with van der Waals surface area (Å²) in [4.78, 5) is 28.7. The molecule has 1 aromatic heterocycles. The number of rotatable bonds is 6. The maximum atomic E-state index is 12.8. The first-order valence-electron chi connectivity index (χ1n) is 11.1. The minimum absolute atomic E-state index is 0.0699. The van der Waals surface area contributed by atoms with Crippen LogP contribution in [-0.2, 0) is 4.79 Å². The molecule has 1 saturated carbocycles. The summed E-state index contributed by atoms with van der Waals surface area (Å²) in [6, 6.07) is 21.6. The summed E-state index contributed by atoms with van der Waals surface area (Å²) in [6.07, 6.45) is 2.01. The van der Waals surface area contributed by atoms with Gasteiger partial charge in [-0.15, -0.1) is 0 Å². The van der Waals surface area contributed by atoms with E-state index in [1.165, 1.54) is 0 Å². The number of carbonyl (C=O) groups is 2. The van der Waals surface area contributed by atoms with Crippen LogP contribution in [0.3, 0.4) is 0 Å². The van der Waals surface area contributed by atoms with Crippen molar-refractivity contribution in [3.05, 3.63) is 77.9 Å². The van der Waals surface area contributed by atoms with Gasteiger partial charge in [-0.3, -0.25) is 9.59 Å². The zero-order valence-corrected chi connectivity index (χ0v) is 18.2. The lowest BCUT2D eigenvalue weighted by Gasteiger charge is -2.14. The lowest BCUT2D eigenvalue weighted by molar-refractivity contribution is -0.142. The standard InChI is InChI=1S/C27H24N2O4/c1-16-5-14-23-24(15-16)33-27(29-23)28-20-12-10-18(11-13-20)17-6-8-19(9-7-17)25(30)21-3-2-4-22(21)26(31)32/h5-15,21-22H,2-4H2,1H3,(H,28,29)(H,31,32)/t21-,22-/m0/s1. The maximum Gasteiger partial charge on any atom is 0.307 e. The number of carboxylic acids is 1. The van der Waals surface area contributed by atoms with Crippen LogP contribution in [0.1, 0.15) is 35.2 Å². The highest BCUT2D eigenvalue weighted by atomic mass is 16.4. The summed E-state index contributed by atoms with van der Waals surface area (Å²) >= 11 is 0. The first-order valence-corrected chi connectivity index (χ1v) is 11.1. The Hall–Kier alpha value is -3.93. The lowest BCUT2D eigenvalue weighted by Crippen LogP contribution is -2.25. The number of benzene rings is 3. The van der Waals surface area contributed by atoms with E-state index in [-0.39, 0.29) is 5.78 Å². The number of oxazole rings is 1. The summed E-state index contributed by atoms with van der Waals surface area (Å²) in [6.45, 7) is 2.01. The van der Waals surface area contributed by atoms with E-state index in [4.69, 9.17) is 4.42 Å². The fraction of sp³-hybridized carbons (Fsp3) is 0.222. The number of fused-ring (bicyclic) bond motifs is 1. The van der Waals surface area contributed by atoms with Crippen LogP contribution in [0.15, 0.2) is 71.1 Å². The molecule has 6 heteroatoms. The van der Waals surface area contributed by atoms with Crippen molar-refractivity contribution < 1.29 is 19.1 Å². The van der Waals surface area contributed by atoms with Crippen molar-refractivity contribution in [3.63, 3.8) is 0 Å². The van der Waals surface area contributed by atoms with Crippen molar-refractivity contribution in [2.45, 2.75) is 26.2 Å². The van der Waals surface area contributed by atoms with Gasteiger partial charge >= 0.3 is 5.97 Å². The molecule has 0 saturated heterocycles. The van der Waals surface area contributed by atoms with Gasteiger partial charge in [-0.05, 0) is 60.7 Å². The van der Waals surface area contributed by atoms with Crippen molar-refractivity contribution >= 4 is 34.6 Å². The minimum atomic E-state index is -0.871. The molecule has 0 unspecified atom stereocenters. The molecule has 1 aliphatic carbocycles. The molecule has 0 spiro atoms. The van der Waals surface area contributed by atoms with E-state index >= 15 is 0 Å². The van der Waals surface area contributed by atoms with Crippen molar-refractivity contribution in [1.82, 2.24) is 4.98 Å². The Kier molecular flexibility index (Phi) is 5.42. The summed E-state index contributed by atoms with van der Waals surface area (Å²) < 4.78 is 5.78. The van der Waals surface area contributed by atoms with Crippen LogP contribution < -0.4 is 5.32 Å². The van der Waals surface area contributed by atoms with Crippen LogP contribution in [0, 0.1) is 18.8 Å². The fourth-order valence-electron chi connectivity index (χ4n) is 4.57. The average Bonchev–Trinajstić information content (AvgIpc) is 3.46. The molecule has 0 bridgehead atoms. The Morgan fingerprint density at radius 1 is 0.939 bits per heavy atom. The third kappa shape index (κ3) is 4.24. The number of aliphatic carboxylic acids is 1. The van der Waals surface area contributed by atoms with Gasteiger partial charge in [0.1, 0.15) is 5.52 Å². The van der Waals surface area contributed by atoms with E-state index in [0.29, 0.717) is 24.4 Å². The predicted octanol–water partition coefficient (Wildman–Crippen LogP) is 6.23. The molecule has 0 amide bonds. The zero-order chi connectivity index (χ0) is 22.9. The molecular weight excluding hydrogens is 416 g/mol. The van der Waals surface area contributed by atoms with Crippen LogP contribution in [0.25, 0.3) is 22.2 Å². The van der Waals surface area contributed by atoms with Gasteiger partial charge in [0.2, 0.25) is 0 Å². The number of ketones is 1. The number of nitrogens with zero attached hydrogens (tertiary/aromatic N) is 1. The van der Waals surface area contributed by atoms with Crippen LogP contribution in [-0.4, -0.2) is 21.8 Å². The van der Waals surface area contributed by atoms with Gasteiger partial charge in [0.25, 0.3) is 6.01 Å². The van der Waals surface area contributed by atoms with Gasteiger partial charge in [-0.25, -0.2) is 0 Å². The number of anilines is 2. The van der Waals surface area contributed by atoms with E-state index < -0.39 is 17.8 Å². The molecule has 166 valence electrons. The fourth-order valence-corrected chi connectivity index (χ4v) is 4.57. The quantitative estimate of drug-likeness (QED) is 0.345. The Bertz CT molecular complexity index is 1320. The normalized spacial score (nSPS) is 17.8. The second-order valence-corrected chi connectivity index (χ2v) is 8.62. The number of aromatic nitrogens is 1. The summed E-state index contributed by atoms with van der Waals surface area (Å²) in [5, 5.41) is 12.6. The van der Waals surface area contributed by atoms with Gasteiger partial charge in [0.05, 0.1) is 5.92 Å². The van der Waals surface area contributed by atoms with Crippen LogP contribution >= 0.6 is 0 Å². The topological polar surface area (TPSA) is 92.4 Å². The Morgan fingerprint density at radius 2 is 1.61 bits per heavy atom. The van der Waals surface area contributed by atoms with Crippen LogP contribution in [0.4, 0.5) is 11.7 Å². The Labute approximate surface area is 191 Å². The smallest absolute Gasteiger partial charge is 0.307 e. The molecule has 1 aliphatic rings. The Balaban J connectivity index is 1.29. The van der Waals surface area contributed by atoms with Gasteiger partial charge < -0.3 is 14.8 Å². The number of nitrogens with one attached hydrogen (secondary N) is 1. The molecule has 2 N–H and O–H groups in total. The van der Waals surface area contributed by atoms with Crippen LogP contribution in [0.5, 0.6) is 0 Å². The molecule has 33 heavy (non-hydrogen) atoms. The lowest BCUT2D eigenvalue weighted by atomic mass is 9.88. The van der Waals surface area contributed by atoms with E-state index in [1.807, 2.05) is 61.5 Å². The van der Waals surface area contributed by atoms with Crippen LogP contribution in [0.2, 0.25) is 0 Å². The second-order valence-electron chi connectivity index (χ2n) is 8.62. The summed E-state index contributed by atoms with van der Waals surface area (Å²) in [5.74, 6) is -1.93. The van der Waals surface area contributed by atoms with Gasteiger partial charge in [-0.1, -0.05) is 48.9 Å². The molecule has 0 radical (unpaired) electrons. The van der Waals surface area contributed by atoms with E-state index in [0.717, 1.165) is 39.9 Å². The number of carboxylic acid groups (broad SMARTS) is 1. The van der Waals surface area contributed by atoms with E-state index in [1.54, 1.807) is 12.1 Å². The second kappa shape index (κ2) is 8.54. The van der Waals surface area contributed by atoms with Crippen molar-refractivity contribution in [1.29, 1.82) is 0 Å². The summed E-state index contributed by atoms with van der Waals surface area (Å²) in [5.41, 5.74) is 6.09. The first-order chi connectivity index (χ1) is 16.0. The Morgan fingerprint density at radius 3 is 2.30 bits per heavy atom. The number of hydrogen-bond acceptors (Lipinski definition) is 5. The first kappa shape index (κ1) is 20.9. The van der Waals surface area contributed by atoms with Crippen molar-refractivity contribution in [2.75, 3.05) is 5.32 Å². The largest absolute Gasteiger partial charge is 0.481 e. The van der Waals surface area contributed by atoms with Gasteiger partial charge in [-0.2, -0.15) is 4.98 Å². The van der Waals surface area contributed by atoms with Crippen molar-refractivity contribution in [2.24, 2.45) is 11.8 Å². The monoisotopic (exact) mass is 440 g/mol. The molecule has 4 aromatic rings. The third-order valence-electron chi connectivity index (χ3n) is 6.35. The molecule has 1 fully saturated rings. The third-order valence-corrected chi connectivity index (χ3v) is 6.35. The molecule has 6 nitrogen and oxygen atoms in total. The molecule has 2 atom stereocenters. The van der Waals surface area contributed by atoms with Gasteiger partial charge in [0.15, 0.2) is 11.4 Å². The highest BCUT2D eigenvalue weighted by molar-refractivity contribution is 6.00. The maximum absolute atomic E-state index is 12.8. The van der Waals surface area contributed by atoms with Gasteiger partial charge in [0, 0.05) is 17.2 Å². The van der Waals surface area contributed by atoms with Crippen molar-refractivity contribution in [3.8, 4) is 11.1 Å². The zero-order valence-electron chi connectivity index (χ0n) is 18.2. The number of carbonyl (C=O) groups excluding carboxylic acids is 1. The molecule has 3 aromatic carbocycles. The minimum Gasteiger partial charge on any atom is -0.481 e. The molecule has 1 heterocycles. The van der Waals surface area contributed by atoms with E-state index in [2.05, 4.69) is 10.3 Å². The van der Waals surface area contributed by atoms with E-state index in [9.17, 15) is 14.7 Å². The SMILES string of the molecule is Cc1ccc2nc(Nc3ccc(-c4ccc(C(=O)[C@H]5CCC[C@@H]5C(=O)O)cc4)cc3)oc2c1. The average molecular weight is 440 g/mol. The molecule has 5 rings (SSSR count). The molecular formula is C27H24N2O4. The number of aryl methyl sites for hydroxylation is 1. The highest BCUT2D eigenvalue weighted by Crippen LogP contribution is 2.35.